The third-order valence-corrected chi connectivity index (χ3v) is 4.76. The first kappa shape index (κ1) is 19.3. The highest BCUT2D eigenvalue weighted by molar-refractivity contribution is 5.80. The molecule has 3 unspecified atom stereocenters. The fraction of sp³-hybridized carbons (Fsp3) is 0.421. The van der Waals surface area contributed by atoms with Gasteiger partial charge in [0, 0.05) is 36.6 Å². The predicted molar refractivity (Wildman–Crippen MR) is 93.9 cm³/mol. The number of alkyl halides is 3. The number of hydrogen-bond acceptors (Lipinski definition) is 4. The Kier molecular flexibility index (Phi) is 5.46. The van der Waals surface area contributed by atoms with Gasteiger partial charge in [-0.15, -0.1) is 0 Å². The van der Waals surface area contributed by atoms with Gasteiger partial charge >= 0.3 is 6.18 Å². The van der Waals surface area contributed by atoms with Gasteiger partial charge in [0.05, 0.1) is 23.2 Å². The molecule has 2 aromatic rings. The Morgan fingerprint density at radius 2 is 2.04 bits per heavy atom. The van der Waals surface area contributed by atoms with Crippen molar-refractivity contribution >= 4 is 5.91 Å². The molecule has 2 N–H and O–H groups in total. The number of aryl methyl sites for hydroxylation is 1. The summed E-state index contributed by atoms with van der Waals surface area (Å²) in [4.78, 5) is 21.1. The van der Waals surface area contributed by atoms with E-state index in [2.05, 4.69) is 20.6 Å². The first-order valence-electron chi connectivity index (χ1n) is 8.73. The molecule has 0 bridgehead atoms. The van der Waals surface area contributed by atoms with E-state index >= 15 is 0 Å². The number of halogens is 3. The van der Waals surface area contributed by atoms with Crippen molar-refractivity contribution in [1.82, 2.24) is 20.6 Å². The van der Waals surface area contributed by atoms with Crippen molar-refractivity contribution in [2.75, 3.05) is 13.1 Å². The van der Waals surface area contributed by atoms with Gasteiger partial charge in [0.25, 0.3) is 0 Å². The molecule has 5 nitrogen and oxygen atoms in total. The lowest BCUT2D eigenvalue weighted by Crippen LogP contribution is -2.36. The van der Waals surface area contributed by atoms with Crippen LogP contribution in [0.15, 0.2) is 36.5 Å². The topological polar surface area (TPSA) is 66.9 Å². The quantitative estimate of drug-likeness (QED) is 0.858. The Bertz CT molecular complexity index is 807. The molecule has 8 heteroatoms. The third kappa shape index (κ3) is 4.44. The van der Waals surface area contributed by atoms with Crippen LogP contribution in [0.3, 0.4) is 0 Å². The number of carbonyl (C=O) groups is 1. The summed E-state index contributed by atoms with van der Waals surface area (Å²) in [5.41, 5.74) is 1.31. The van der Waals surface area contributed by atoms with E-state index in [-0.39, 0.29) is 17.9 Å². The minimum atomic E-state index is -4.42. The van der Waals surface area contributed by atoms with Crippen LogP contribution in [0, 0.1) is 12.8 Å². The van der Waals surface area contributed by atoms with Crippen LogP contribution in [0.2, 0.25) is 0 Å². The van der Waals surface area contributed by atoms with Gasteiger partial charge < -0.3 is 10.6 Å². The molecular formula is C19H21F3N4O. The normalized spacial score (nSPS) is 21.1. The predicted octanol–water partition coefficient (Wildman–Crippen LogP) is 2.98. The number of hydrogen-bond donors (Lipinski definition) is 2. The number of aromatic nitrogens is 2. The summed E-state index contributed by atoms with van der Waals surface area (Å²) in [6.45, 7) is 4.68. The van der Waals surface area contributed by atoms with Crippen molar-refractivity contribution in [3.63, 3.8) is 0 Å². The van der Waals surface area contributed by atoms with Crippen LogP contribution in [-0.4, -0.2) is 29.0 Å². The Balaban J connectivity index is 1.71. The second kappa shape index (κ2) is 7.64. The standard InChI is InChI=1S/C19H21F3N4O/c1-11-4-3-5-16(25-11)12(2)26-18(27)15-10-23-9-14(15)17-7-6-13(8-24-17)19(20,21)22/h3-8,12,14-15,23H,9-10H2,1-2H3,(H,26,27). The molecule has 0 saturated carbocycles. The lowest BCUT2D eigenvalue weighted by molar-refractivity contribution is -0.137. The van der Waals surface area contributed by atoms with Gasteiger partial charge in [-0.3, -0.25) is 14.8 Å². The van der Waals surface area contributed by atoms with E-state index < -0.39 is 17.7 Å². The maximum atomic E-state index is 12.7. The van der Waals surface area contributed by atoms with E-state index in [0.717, 1.165) is 23.7 Å². The monoisotopic (exact) mass is 378 g/mol. The SMILES string of the molecule is Cc1cccc(C(C)NC(=O)C2CNCC2c2ccc(C(F)(F)F)cn2)n1. The van der Waals surface area contributed by atoms with Crippen LogP contribution in [0.1, 0.15) is 41.5 Å². The second-order valence-corrected chi connectivity index (χ2v) is 6.77. The molecule has 0 aromatic carbocycles. The van der Waals surface area contributed by atoms with Gasteiger partial charge in [-0.05, 0) is 38.1 Å². The van der Waals surface area contributed by atoms with Crippen LogP contribution < -0.4 is 10.6 Å². The van der Waals surface area contributed by atoms with Crippen molar-refractivity contribution in [2.24, 2.45) is 5.92 Å². The zero-order valence-electron chi connectivity index (χ0n) is 15.0. The van der Waals surface area contributed by atoms with Gasteiger partial charge in [-0.2, -0.15) is 13.2 Å². The summed E-state index contributed by atoms with van der Waals surface area (Å²) in [5, 5.41) is 6.08. The van der Waals surface area contributed by atoms with Crippen molar-refractivity contribution in [3.05, 3.63) is 59.2 Å². The van der Waals surface area contributed by atoms with Crippen molar-refractivity contribution in [3.8, 4) is 0 Å². The van der Waals surface area contributed by atoms with E-state index in [1.165, 1.54) is 6.07 Å². The van der Waals surface area contributed by atoms with Gasteiger partial charge in [0.15, 0.2) is 0 Å². The molecule has 1 amide bonds. The van der Waals surface area contributed by atoms with E-state index in [0.29, 0.717) is 18.8 Å². The third-order valence-electron chi connectivity index (χ3n) is 4.76. The number of amides is 1. The second-order valence-electron chi connectivity index (χ2n) is 6.77. The molecule has 0 aliphatic carbocycles. The molecule has 3 heterocycles. The van der Waals surface area contributed by atoms with E-state index in [4.69, 9.17) is 0 Å². The van der Waals surface area contributed by atoms with Crippen molar-refractivity contribution in [2.45, 2.75) is 32.0 Å². The summed E-state index contributed by atoms with van der Waals surface area (Å²) < 4.78 is 38.1. The molecule has 0 spiro atoms. The highest BCUT2D eigenvalue weighted by Crippen LogP contribution is 2.32. The Morgan fingerprint density at radius 1 is 1.26 bits per heavy atom. The maximum Gasteiger partial charge on any atom is 0.417 e. The summed E-state index contributed by atoms with van der Waals surface area (Å²) in [5.74, 6) is -0.839. The fourth-order valence-corrected chi connectivity index (χ4v) is 3.26. The van der Waals surface area contributed by atoms with Gasteiger partial charge in [-0.25, -0.2) is 0 Å². The molecule has 0 radical (unpaired) electrons. The highest BCUT2D eigenvalue weighted by Gasteiger charge is 2.36. The first-order chi connectivity index (χ1) is 12.8. The number of nitrogens with zero attached hydrogens (tertiary/aromatic N) is 2. The van der Waals surface area contributed by atoms with Gasteiger partial charge in [-0.1, -0.05) is 6.07 Å². The largest absolute Gasteiger partial charge is 0.417 e. The molecule has 1 aliphatic heterocycles. The summed E-state index contributed by atoms with van der Waals surface area (Å²) in [7, 11) is 0. The Hall–Kier alpha value is -2.48. The molecule has 3 rings (SSSR count). The molecule has 1 saturated heterocycles. The minimum absolute atomic E-state index is 0.164. The van der Waals surface area contributed by atoms with Crippen molar-refractivity contribution < 1.29 is 18.0 Å². The molecule has 144 valence electrons. The van der Waals surface area contributed by atoms with E-state index in [9.17, 15) is 18.0 Å². The van der Waals surface area contributed by atoms with Crippen LogP contribution >= 0.6 is 0 Å². The van der Waals surface area contributed by atoms with E-state index in [1.54, 1.807) is 0 Å². The fourth-order valence-electron chi connectivity index (χ4n) is 3.26. The first-order valence-corrected chi connectivity index (χ1v) is 8.73. The summed E-state index contributed by atoms with van der Waals surface area (Å²) >= 11 is 0. The number of pyridine rings is 2. The minimum Gasteiger partial charge on any atom is -0.348 e. The van der Waals surface area contributed by atoms with E-state index in [1.807, 2.05) is 32.0 Å². The average molecular weight is 378 g/mol. The number of rotatable bonds is 4. The van der Waals surface area contributed by atoms with Crippen LogP contribution in [0.25, 0.3) is 0 Å². The van der Waals surface area contributed by atoms with Crippen molar-refractivity contribution in [1.29, 1.82) is 0 Å². The van der Waals surface area contributed by atoms with Gasteiger partial charge in [0.2, 0.25) is 5.91 Å². The van der Waals surface area contributed by atoms with Crippen LogP contribution in [-0.2, 0) is 11.0 Å². The number of carbonyl (C=O) groups excluding carboxylic acids is 1. The lowest BCUT2D eigenvalue weighted by Gasteiger charge is -2.21. The van der Waals surface area contributed by atoms with Crippen LogP contribution in [0.4, 0.5) is 13.2 Å². The zero-order chi connectivity index (χ0) is 19.6. The summed E-state index contributed by atoms with van der Waals surface area (Å²) in [6, 6.07) is 7.71. The number of nitrogens with one attached hydrogen (secondary N) is 2. The summed E-state index contributed by atoms with van der Waals surface area (Å²) in [6.07, 6.45) is -3.60. The van der Waals surface area contributed by atoms with Crippen LogP contribution in [0.5, 0.6) is 0 Å². The molecule has 1 fully saturated rings. The average Bonchev–Trinajstić information content (AvgIpc) is 3.11. The Labute approximate surface area is 155 Å². The Morgan fingerprint density at radius 3 is 2.67 bits per heavy atom. The molecule has 2 aromatic heterocycles. The lowest BCUT2D eigenvalue weighted by atomic mass is 9.91. The molecule has 3 atom stereocenters. The zero-order valence-corrected chi connectivity index (χ0v) is 15.0. The molecular weight excluding hydrogens is 357 g/mol. The highest BCUT2D eigenvalue weighted by atomic mass is 19.4. The smallest absolute Gasteiger partial charge is 0.348 e. The maximum absolute atomic E-state index is 12.7. The molecule has 27 heavy (non-hydrogen) atoms. The molecule has 1 aliphatic rings. The van der Waals surface area contributed by atoms with Gasteiger partial charge in [0.1, 0.15) is 0 Å².